The lowest BCUT2D eigenvalue weighted by Crippen LogP contribution is -2.14. The molecule has 0 bridgehead atoms. The second-order valence-electron chi connectivity index (χ2n) is 3.25. The Morgan fingerprint density at radius 1 is 1.53 bits per heavy atom. The number of tetrazole rings is 1. The van der Waals surface area contributed by atoms with E-state index < -0.39 is 0 Å². The van der Waals surface area contributed by atoms with Crippen molar-refractivity contribution >= 4 is 11.7 Å². The van der Waals surface area contributed by atoms with Gasteiger partial charge in [0.1, 0.15) is 6.54 Å². The van der Waals surface area contributed by atoms with Crippen LogP contribution < -0.4 is 5.32 Å². The number of benzene rings is 1. The third kappa shape index (κ3) is 2.77. The average molecular weight is 233 g/mol. The molecule has 0 fully saturated rings. The predicted molar refractivity (Wildman–Crippen MR) is 60.1 cm³/mol. The fourth-order valence-corrected chi connectivity index (χ4v) is 1.30. The zero-order chi connectivity index (χ0) is 12.1. The molecule has 7 nitrogen and oxygen atoms in total. The molecule has 1 heterocycles. The maximum Gasteiger partial charge on any atom is 0.325 e. The van der Waals surface area contributed by atoms with Gasteiger partial charge in [0.05, 0.1) is 7.11 Å². The molecule has 1 aromatic carbocycles. The van der Waals surface area contributed by atoms with Gasteiger partial charge < -0.3 is 10.1 Å². The molecular weight excluding hydrogens is 222 g/mol. The van der Waals surface area contributed by atoms with Gasteiger partial charge in [-0.15, -0.1) is 10.2 Å². The summed E-state index contributed by atoms with van der Waals surface area (Å²) >= 11 is 0. The van der Waals surface area contributed by atoms with Crippen LogP contribution in [0, 0.1) is 0 Å². The average Bonchev–Trinajstić information content (AvgIpc) is 2.90. The topological polar surface area (TPSA) is 92.8 Å². The number of nitrogens with zero attached hydrogens (tertiary/aromatic N) is 3. The molecule has 2 aromatic rings. The second kappa shape index (κ2) is 5.06. The predicted octanol–water partition coefficient (Wildman–Crippen LogP) is 0.452. The number of carbonyl (C=O) groups is 1. The molecule has 1 aromatic heterocycles. The van der Waals surface area contributed by atoms with Gasteiger partial charge in [0.15, 0.2) is 0 Å². The van der Waals surface area contributed by atoms with E-state index >= 15 is 0 Å². The number of nitrogens with one attached hydrogen (secondary N) is 2. The van der Waals surface area contributed by atoms with Crippen LogP contribution in [-0.4, -0.2) is 40.2 Å². The van der Waals surface area contributed by atoms with Gasteiger partial charge in [-0.2, -0.15) is 5.21 Å². The molecule has 2 N–H and O–H groups in total. The van der Waals surface area contributed by atoms with Gasteiger partial charge in [0.2, 0.25) is 5.82 Å². The molecule has 7 heteroatoms. The summed E-state index contributed by atoms with van der Waals surface area (Å²) in [4.78, 5) is 11.0. The lowest BCUT2D eigenvalue weighted by atomic mass is 10.2. The highest BCUT2D eigenvalue weighted by Crippen LogP contribution is 2.17. The molecule has 17 heavy (non-hydrogen) atoms. The zero-order valence-corrected chi connectivity index (χ0v) is 9.17. The molecule has 0 spiro atoms. The third-order valence-corrected chi connectivity index (χ3v) is 2.13. The van der Waals surface area contributed by atoms with Crippen LogP contribution in [0.3, 0.4) is 0 Å². The molecular formula is C10H11N5O2. The summed E-state index contributed by atoms with van der Waals surface area (Å²) in [5.41, 5.74) is 1.60. The first-order chi connectivity index (χ1) is 8.29. The molecule has 0 unspecified atom stereocenters. The number of aromatic nitrogens is 4. The van der Waals surface area contributed by atoms with E-state index in [4.69, 9.17) is 0 Å². The standard InChI is InChI=1S/C10H11N5O2/c1-17-9(16)6-11-8-4-2-3-7(5-8)10-12-14-15-13-10/h2-5,11H,6H2,1H3,(H,12,13,14,15). The Balaban J connectivity index is 2.09. The number of rotatable bonds is 4. The minimum Gasteiger partial charge on any atom is -0.468 e. The Morgan fingerprint density at radius 3 is 3.12 bits per heavy atom. The fraction of sp³-hybridized carbons (Fsp3) is 0.200. The van der Waals surface area contributed by atoms with E-state index in [-0.39, 0.29) is 12.5 Å². The first kappa shape index (κ1) is 11.1. The van der Waals surface area contributed by atoms with Crippen LogP contribution in [0.15, 0.2) is 24.3 Å². The summed E-state index contributed by atoms with van der Waals surface area (Å²) in [6.07, 6.45) is 0. The number of aromatic amines is 1. The maximum absolute atomic E-state index is 11.0. The van der Waals surface area contributed by atoms with Crippen molar-refractivity contribution in [1.82, 2.24) is 20.6 Å². The summed E-state index contributed by atoms with van der Waals surface area (Å²) in [5.74, 6) is 0.182. The fourth-order valence-electron chi connectivity index (χ4n) is 1.30. The normalized spacial score (nSPS) is 9.94. The largest absolute Gasteiger partial charge is 0.468 e. The lowest BCUT2D eigenvalue weighted by Gasteiger charge is -2.05. The second-order valence-corrected chi connectivity index (χ2v) is 3.25. The van der Waals surface area contributed by atoms with Crippen LogP contribution in [0.2, 0.25) is 0 Å². The number of hydrogen-bond acceptors (Lipinski definition) is 6. The highest BCUT2D eigenvalue weighted by Gasteiger charge is 2.04. The van der Waals surface area contributed by atoms with Gasteiger partial charge in [-0.25, -0.2) is 0 Å². The van der Waals surface area contributed by atoms with Gasteiger partial charge in [-0.3, -0.25) is 4.79 Å². The Kier molecular flexibility index (Phi) is 3.29. The number of carbonyl (C=O) groups excluding carboxylic acids is 1. The number of ether oxygens (including phenoxy) is 1. The maximum atomic E-state index is 11.0. The van der Waals surface area contributed by atoms with Gasteiger partial charge >= 0.3 is 5.97 Å². The first-order valence-corrected chi connectivity index (χ1v) is 4.94. The lowest BCUT2D eigenvalue weighted by molar-refractivity contribution is -0.138. The van der Waals surface area contributed by atoms with Crippen LogP contribution in [-0.2, 0) is 9.53 Å². The summed E-state index contributed by atoms with van der Waals surface area (Å²) in [6.45, 7) is 0.117. The number of H-pyrrole nitrogens is 1. The van der Waals surface area contributed by atoms with E-state index in [0.717, 1.165) is 11.3 Å². The molecule has 2 rings (SSSR count). The van der Waals surface area contributed by atoms with Crippen molar-refractivity contribution in [3.05, 3.63) is 24.3 Å². The molecule has 0 radical (unpaired) electrons. The summed E-state index contributed by atoms with van der Waals surface area (Å²) < 4.78 is 4.53. The number of hydrogen-bond donors (Lipinski definition) is 2. The van der Waals surface area contributed by atoms with E-state index in [1.807, 2.05) is 24.3 Å². The van der Waals surface area contributed by atoms with Gasteiger partial charge in [-0.1, -0.05) is 12.1 Å². The molecule has 0 amide bonds. The van der Waals surface area contributed by atoms with Crippen LogP contribution in [0.1, 0.15) is 0 Å². The van der Waals surface area contributed by atoms with Gasteiger partial charge in [0, 0.05) is 11.3 Å². The Hall–Kier alpha value is -2.44. The van der Waals surface area contributed by atoms with E-state index in [9.17, 15) is 4.79 Å². The van der Waals surface area contributed by atoms with E-state index in [1.165, 1.54) is 7.11 Å². The first-order valence-electron chi connectivity index (χ1n) is 4.94. The number of anilines is 1. The van der Waals surface area contributed by atoms with Crippen molar-refractivity contribution in [3.8, 4) is 11.4 Å². The molecule has 0 aliphatic heterocycles. The monoisotopic (exact) mass is 233 g/mol. The Bertz CT molecular complexity index is 497. The summed E-state index contributed by atoms with van der Waals surface area (Å²) in [5, 5.41) is 16.5. The summed E-state index contributed by atoms with van der Waals surface area (Å²) in [7, 11) is 1.35. The minimum absolute atomic E-state index is 0.117. The SMILES string of the molecule is COC(=O)CNc1cccc(-c2nn[nH]n2)c1. The van der Waals surface area contributed by atoms with E-state index in [1.54, 1.807) is 0 Å². The van der Waals surface area contributed by atoms with Gasteiger partial charge in [-0.05, 0) is 17.3 Å². The third-order valence-electron chi connectivity index (χ3n) is 2.13. The highest BCUT2D eigenvalue weighted by molar-refractivity contribution is 5.75. The van der Waals surface area contributed by atoms with E-state index in [2.05, 4.69) is 30.7 Å². The van der Waals surface area contributed by atoms with Crippen molar-refractivity contribution in [2.75, 3.05) is 19.0 Å². The Labute approximate surface area is 97.2 Å². The smallest absolute Gasteiger partial charge is 0.325 e. The molecule has 0 atom stereocenters. The van der Waals surface area contributed by atoms with Crippen LogP contribution in [0.4, 0.5) is 5.69 Å². The number of esters is 1. The number of methoxy groups -OCH3 is 1. The van der Waals surface area contributed by atoms with Crippen LogP contribution >= 0.6 is 0 Å². The molecule has 88 valence electrons. The van der Waals surface area contributed by atoms with Crippen LogP contribution in [0.5, 0.6) is 0 Å². The zero-order valence-electron chi connectivity index (χ0n) is 9.17. The van der Waals surface area contributed by atoms with Crippen molar-refractivity contribution in [2.45, 2.75) is 0 Å². The highest BCUT2D eigenvalue weighted by atomic mass is 16.5. The van der Waals surface area contributed by atoms with E-state index in [0.29, 0.717) is 5.82 Å². The van der Waals surface area contributed by atoms with Crippen molar-refractivity contribution < 1.29 is 9.53 Å². The summed E-state index contributed by atoms with van der Waals surface area (Å²) in [6, 6.07) is 7.36. The van der Waals surface area contributed by atoms with Gasteiger partial charge in [0.25, 0.3) is 0 Å². The van der Waals surface area contributed by atoms with Crippen molar-refractivity contribution in [2.24, 2.45) is 0 Å². The molecule has 0 saturated carbocycles. The van der Waals surface area contributed by atoms with Crippen molar-refractivity contribution in [1.29, 1.82) is 0 Å². The molecule has 0 saturated heterocycles. The molecule has 0 aliphatic rings. The molecule has 0 aliphatic carbocycles. The van der Waals surface area contributed by atoms with Crippen molar-refractivity contribution in [3.63, 3.8) is 0 Å². The quantitative estimate of drug-likeness (QED) is 0.745. The Morgan fingerprint density at radius 2 is 2.41 bits per heavy atom. The van der Waals surface area contributed by atoms with Crippen LogP contribution in [0.25, 0.3) is 11.4 Å². The minimum atomic E-state index is -0.324.